The topological polar surface area (TPSA) is 58.5 Å². The Morgan fingerprint density at radius 1 is 0.718 bits per heavy atom. The monoisotopic (exact) mass is 547 g/mol. The lowest BCUT2D eigenvalue weighted by atomic mass is 9.80. The van der Waals surface area contributed by atoms with Crippen molar-refractivity contribution in [1.29, 1.82) is 0 Å². The second-order valence-corrected chi connectivity index (χ2v) is 12.7. The summed E-state index contributed by atoms with van der Waals surface area (Å²) < 4.78 is 0. The zero-order valence-corrected chi connectivity index (χ0v) is 26.5. The first kappa shape index (κ1) is 35.8. The Labute approximate surface area is 243 Å². The second-order valence-electron chi connectivity index (χ2n) is 12.7. The van der Waals surface area contributed by atoms with Gasteiger partial charge in [-0.15, -0.1) is 0 Å². The lowest BCUT2D eigenvalue weighted by Gasteiger charge is -2.28. The highest BCUT2D eigenvalue weighted by Crippen LogP contribution is 2.31. The van der Waals surface area contributed by atoms with E-state index in [9.17, 15) is 9.59 Å². The number of hydrogen-bond donors (Lipinski definition) is 1. The van der Waals surface area contributed by atoms with Crippen LogP contribution in [0.1, 0.15) is 188 Å². The second kappa shape index (κ2) is 24.6. The van der Waals surface area contributed by atoms with E-state index in [1.807, 2.05) is 0 Å². The van der Waals surface area contributed by atoms with Crippen LogP contribution in [0, 0.1) is 5.41 Å². The summed E-state index contributed by atoms with van der Waals surface area (Å²) in [5.74, 6) is 1.17. The fourth-order valence-electron chi connectivity index (χ4n) is 5.98. The Morgan fingerprint density at radius 3 is 1.56 bits per heavy atom. The molecule has 0 aromatic carbocycles. The largest absolute Gasteiger partial charge is 0.371 e. The van der Waals surface area contributed by atoms with Crippen molar-refractivity contribution in [3.63, 3.8) is 0 Å². The molecule has 0 aliphatic carbocycles. The zero-order valence-electron chi connectivity index (χ0n) is 26.5. The van der Waals surface area contributed by atoms with Crippen LogP contribution in [0.4, 0.5) is 0 Å². The van der Waals surface area contributed by atoms with Crippen molar-refractivity contribution in [3.05, 3.63) is 0 Å². The first-order chi connectivity index (χ1) is 19.1. The summed E-state index contributed by atoms with van der Waals surface area (Å²) in [7, 11) is 0. The van der Waals surface area contributed by atoms with Crippen LogP contribution < -0.4 is 5.32 Å². The number of aliphatic imine (C=N–C) groups is 1. The Balaban J connectivity index is 2.17. The van der Waals surface area contributed by atoms with Gasteiger partial charge in [-0.25, -0.2) is 0 Å². The molecular weight excluding hydrogens is 480 g/mol. The molecule has 1 aliphatic heterocycles. The van der Waals surface area contributed by atoms with Crippen LogP contribution in [0.3, 0.4) is 0 Å². The Bertz CT molecular complexity index is 632. The number of nitrogens with zero attached hydrogens (tertiary/aromatic N) is 1. The highest BCUT2D eigenvalue weighted by molar-refractivity contribution is 5.96. The number of Topliss-reactive ketones (excluding diaryl/α,β-unsaturated/α-hetero) is 1. The highest BCUT2D eigenvalue weighted by atomic mass is 16.1. The molecule has 0 aromatic heterocycles. The van der Waals surface area contributed by atoms with Crippen molar-refractivity contribution in [2.45, 2.75) is 194 Å². The maximum absolute atomic E-state index is 12.8. The first-order valence-electron chi connectivity index (χ1n) is 17.4. The summed E-state index contributed by atoms with van der Waals surface area (Å²) in [6, 6.07) is -0.254. The molecule has 4 nitrogen and oxygen atoms in total. The number of unbranched alkanes of at least 4 members (excludes halogenated alkanes) is 21. The lowest BCUT2D eigenvalue weighted by molar-refractivity contribution is -0.120. The van der Waals surface area contributed by atoms with E-state index in [0.29, 0.717) is 19.4 Å². The molecule has 228 valence electrons. The van der Waals surface area contributed by atoms with E-state index < -0.39 is 0 Å². The Hall–Kier alpha value is -1.19. The SMILES string of the molecule is CCCCCCCCCCCCCCCC(=O)C1CNC(C(C)(CC=O)CCCCCCCCCCCC)=N1. The summed E-state index contributed by atoms with van der Waals surface area (Å²) in [6.45, 7) is 7.31. The molecule has 1 rings (SSSR count). The molecule has 0 amide bonds. The minimum absolute atomic E-state index is 0.254. The number of hydrogen-bond acceptors (Lipinski definition) is 4. The molecule has 0 bridgehead atoms. The van der Waals surface area contributed by atoms with Crippen LogP contribution in [0.2, 0.25) is 0 Å². The predicted octanol–water partition coefficient (Wildman–Crippen LogP) is 10.3. The number of ketones is 1. The number of amidine groups is 1. The molecule has 0 aromatic rings. The van der Waals surface area contributed by atoms with Crippen molar-refractivity contribution in [2.24, 2.45) is 10.4 Å². The van der Waals surface area contributed by atoms with Crippen molar-refractivity contribution in [1.82, 2.24) is 5.32 Å². The van der Waals surface area contributed by atoms with Crippen molar-refractivity contribution in [2.75, 3.05) is 6.54 Å². The van der Waals surface area contributed by atoms with Crippen molar-refractivity contribution in [3.8, 4) is 0 Å². The molecule has 0 spiro atoms. The van der Waals surface area contributed by atoms with E-state index in [-0.39, 0.29) is 17.2 Å². The van der Waals surface area contributed by atoms with E-state index in [2.05, 4.69) is 26.1 Å². The number of carbonyl (C=O) groups is 2. The molecule has 0 fully saturated rings. The lowest BCUT2D eigenvalue weighted by Crippen LogP contribution is -2.37. The fourth-order valence-corrected chi connectivity index (χ4v) is 5.98. The molecule has 4 heteroatoms. The zero-order chi connectivity index (χ0) is 28.4. The van der Waals surface area contributed by atoms with Gasteiger partial charge in [0.1, 0.15) is 18.2 Å². The van der Waals surface area contributed by atoms with Gasteiger partial charge in [-0.1, -0.05) is 162 Å². The maximum Gasteiger partial charge on any atom is 0.159 e. The minimum atomic E-state index is -0.258. The van der Waals surface area contributed by atoms with Gasteiger partial charge in [0, 0.05) is 24.8 Å². The Morgan fingerprint density at radius 2 is 1.13 bits per heavy atom. The van der Waals surface area contributed by atoms with Crippen LogP contribution in [0.15, 0.2) is 4.99 Å². The van der Waals surface area contributed by atoms with Gasteiger partial charge < -0.3 is 10.1 Å². The number of nitrogens with one attached hydrogen (secondary N) is 1. The van der Waals surface area contributed by atoms with E-state index in [1.165, 1.54) is 128 Å². The summed E-state index contributed by atoms with van der Waals surface area (Å²) in [5.41, 5.74) is -0.258. The number of carbonyl (C=O) groups excluding carboxylic acids is 2. The fraction of sp³-hybridized carbons (Fsp3) is 0.914. The summed E-state index contributed by atoms with van der Waals surface area (Å²) in [5, 5.41) is 3.42. The first-order valence-corrected chi connectivity index (χ1v) is 17.4. The van der Waals surface area contributed by atoms with Crippen LogP contribution in [-0.4, -0.2) is 30.5 Å². The summed E-state index contributed by atoms with van der Waals surface area (Å²) in [4.78, 5) is 29.1. The average molecular weight is 547 g/mol. The van der Waals surface area contributed by atoms with Gasteiger partial charge in [0.05, 0.1) is 0 Å². The smallest absolute Gasteiger partial charge is 0.159 e. The average Bonchev–Trinajstić information content (AvgIpc) is 3.44. The van der Waals surface area contributed by atoms with Gasteiger partial charge in [0.2, 0.25) is 0 Å². The summed E-state index contributed by atoms with van der Waals surface area (Å²) in [6.07, 6.45) is 33.4. The molecular formula is C35H66N2O2. The van der Waals surface area contributed by atoms with Gasteiger partial charge in [-0.2, -0.15) is 0 Å². The molecule has 1 aliphatic rings. The molecule has 0 radical (unpaired) electrons. The van der Waals surface area contributed by atoms with E-state index in [0.717, 1.165) is 37.8 Å². The molecule has 0 saturated carbocycles. The predicted molar refractivity (Wildman–Crippen MR) is 170 cm³/mol. The van der Waals surface area contributed by atoms with E-state index in [4.69, 9.17) is 4.99 Å². The van der Waals surface area contributed by atoms with Crippen LogP contribution in [0.5, 0.6) is 0 Å². The van der Waals surface area contributed by atoms with E-state index in [1.54, 1.807) is 0 Å². The molecule has 2 unspecified atom stereocenters. The minimum Gasteiger partial charge on any atom is -0.371 e. The van der Waals surface area contributed by atoms with Crippen LogP contribution in [0.25, 0.3) is 0 Å². The van der Waals surface area contributed by atoms with Gasteiger partial charge in [0.25, 0.3) is 0 Å². The highest BCUT2D eigenvalue weighted by Gasteiger charge is 2.35. The number of aldehydes is 1. The van der Waals surface area contributed by atoms with Crippen LogP contribution >= 0.6 is 0 Å². The molecule has 0 saturated heterocycles. The maximum atomic E-state index is 12.8. The standard InChI is InChI=1S/C35H66N2O2/c1-4-6-8-10-12-14-16-17-18-19-21-23-25-27-33(39)32-31-36-34(37-32)35(3,29-30-38)28-26-24-22-20-15-13-11-9-7-5-2/h30,32H,4-29,31H2,1-3H3,(H,36,37). The van der Waals surface area contributed by atoms with Crippen molar-refractivity contribution < 1.29 is 9.59 Å². The van der Waals surface area contributed by atoms with Gasteiger partial charge in [-0.05, 0) is 12.8 Å². The summed E-state index contributed by atoms with van der Waals surface area (Å²) >= 11 is 0. The molecule has 2 atom stereocenters. The van der Waals surface area contributed by atoms with E-state index >= 15 is 0 Å². The van der Waals surface area contributed by atoms with Crippen molar-refractivity contribution >= 4 is 17.9 Å². The Kier molecular flexibility index (Phi) is 22.6. The molecule has 1 heterocycles. The van der Waals surface area contributed by atoms with Crippen LogP contribution in [-0.2, 0) is 9.59 Å². The normalized spacial score (nSPS) is 16.6. The third-order valence-corrected chi connectivity index (χ3v) is 8.83. The molecule has 39 heavy (non-hydrogen) atoms. The quantitative estimate of drug-likeness (QED) is 0.0749. The third-order valence-electron chi connectivity index (χ3n) is 8.83. The van der Waals surface area contributed by atoms with Gasteiger partial charge in [-0.3, -0.25) is 9.79 Å². The molecule has 1 N–H and O–H groups in total. The third kappa shape index (κ3) is 18.0. The van der Waals surface area contributed by atoms with Gasteiger partial charge >= 0.3 is 0 Å². The van der Waals surface area contributed by atoms with Gasteiger partial charge in [0.15, 0.2) is 5.78 Å². The number of rotatable bonds is 29.